The van der Waals surface area contributed by atoms with Crippen LogP contribution in [0.1, 0.15) is 23.2 Å². The highest BCUT2D eigenvalue weighted by Gasteiger charge is 2.29. The molecule has 1 aromatic carbocycles. The van der Waals surface area contributed by atoms with Crippen molar-refractivity contribution in [2.45, 2.75) is 18.9 Å². The minimum Gasteiger partial charge on any atom is -0.337 e. The summed E-state index contributed by atoms with van der Waals surface area (Å²) in [6.07, 6.45) is 4.03. The number of piperazine rings is 1. The van der Waals surface area contributed by atoms with Gasteiger partial charge in [-0.15, -0.1) is 0 Å². The summed E-state index contributed by atoms with van der Waals surface area (Å²) in [5.74, 6) is 0.136. The van der Waals surface area contributed by atoms with E-state index in [4.69, 9.17) is 0 Å². The number of hydrogen-bond acceptors (Lipinski definition) is 4. The predicted molar refractivity (Wildman–Crippen MR) is 89.5 cm³/mol. The second-order valence-corrected chi connectivity index (χ2v) is 6.47. The van der Waals surface area contributed by atoms with E-state index in [0.29, 0.717) is 6.04 Å². The van der Waals surface area contributed by atoms with Crippen LogP contribution in [0.3, 0.4) is 0 Å². The number of piperidine rings is 1. The van der Waals surface area contributed by atoms with Crippen molar-refractivity contribution in [2.75, 3.05) is 39.3 Å². The van der Waals surface area contributed by atoms with Crippen LogP contribution in [-0.2, 0) is 0 Å². The number of aromatic nitrogens is 2. The molecule has 2 saturated heterocycles. The van der Waals surface area contributed by atoms with Crippen LogP contribution in [0.15, 0.2) is 24.4 Å². The molecule has 2 fully saturated rings. The zero-order valence-corrected chi connectivity index (χ0v) is 13.3. The number of carbonyl (C=O) groups excluding carboxylic acids is 1. The summed E-state index contributed by atoms with van der Waals surface area (Å²) in [6, 6.07) is 6.29. The fourth-order valence-corrected chi connectivity index (χ4v) is 3.81. The number of nitrogens with one attached hydrogen (secondary N) is 2. The topological polar surface area (TPSA) is 64.3 Å². The van der Waals surface area contributed by atoms with Crippen LogP contribution in [0.5, 0.6) is 0 Å². The van der Waals surface area contributed by atoms with Crippen LogP contribution in [0.25, 0.3) is 10.9 Å². The molecule has 3 heterocycles. The summed E-state index contributed by atoms with van der Waals surface area (Å²) in [5.41, 5.74) is 1.68. The number of likely N-dealkylation sites (tertiary alicyclic amines) is 1. The molecule has 6 heteroatoms. The molecule has 1 unspecified atom stereocenters. The maximum Gasteiger partial charge on any atom is 0.254 e. The van der Waals surface area contributed by atoms with Crippen LogP contribution >= 0.6 is 0 Å². The Kier molecular flexibility index (Phi) is 4.01. The largest absolute Gasteiger partial charge is 0.337 e. The first-order valence-electron chi connectivity index (χ1n) is 8.49. The molecule has 0 spiro atoms. The fourth-order valence-electron chi connectivity index (χ4n) is 3.81. The van der Waals surface area contributed by atoms with Crippen molar-refractivity contribution in [2.24, 2.45) is 0 Å². The number of aromatic amines is 1. The first-order valence-corrected chi connectivity index (χ1v) is 8.49. The Morgan fingerprint density at radius 3 is 2.96 bits per heavy atom. The van der Waals surface area contributed by atoms with E-state index in [1.54, 1.807) is 6.20 Å². The van der Waals surface area contributed by atoms with Gasteiger partial charge >= 0.3 is 0 Å². The monoisotopic (exact) mass is 313 g/mol. The Morgan fingerprint density at radius 1 is 1.22 bits per heavy atom. The van der Waals surface area contributed by atoms with Crippen molar-refractivity contribution in [3.8, 4) is 0 Å². The van der Waals surface area contributed by atoms with Gasteiger partial charge in [0.05, 0.1) is 17.3 Å². The summed E-state index contributed by atoms with van der Waals surface area (Å²) in [7, 11) is 0. The number of rotatable bonds is 2. The molecular weight excluding hydrogens is 290 g/mol. The number of H-pyrrole nitrogens is 1. The zero-order valence-electron chi connectivity index (χ0n) is 13.3. The first-order chi connectivity index (χ1) is 11.3. The number of fused-ring (bicyclic) bond motifs is 1. The SMILES string of the molecule is O=C(c1cccc2[nH]ncc12)N1CCCC(N2CCNCC2)C1. The van der Waals surface area contributed by atoms with Crippen LogP contribution in [-0.4, -0.2) is 71.2 Å². The maximum atomic E-state index is 13.0. The molecule has 2 aliphatic heterocycles. The Labute approximate surface area is 135 Å². The van der Waals surface area contributed by atoms with Crippen molar-refractivity contribution in [3.63, 3.8) is 0 Å². The van der Waals surface area contributed by atoms with Gasteiger partial charge in [-0.05, 0) is 25.0 Å². The molecule has 2 N–H and O–H groups in total. The molecular formula is C17H23N5O. The van der Waals surface area contributed by atoms with Crippen molar-refractivity contribution in [1.29, 1.82) is 0 Å². The van der Waals surface area contributed by atoms with E-state index in [2.05, 4.69) is 20.4 Å². The molecule has 1 aromatic heterocycles. The number of amides is 1. The highest BCUT2D eigenvalue weighted by atomic mass is 16.2. The van der Waals surface area contributed by atoms with Gasteiger partial charge in [0.15, 0.2) is 0 Å². The van der Waals surface area contributed by atoms with E-state index in [1.165, 1.54) is 6.42 Å². The van der Waals surface area contributed by atoms with Gasteiger partial charge in [-0.3, -0.25) is 14.8 Å². The zero-order chi connectivity index (χ0) is 15.6. The van der Waals surface area contributed by atoms with Gasteiger partial charge in [0.1, 0.15) is 0 Å². The van der Waals surface area contributed by atoms with Crippen molar-refractivity contribution in [3.05, 3.63) is 30.0 Å². The Hall–Kier alpha value is -1.92. The molecule has 122 valence electrons. The third-order valence-electron chi connectivity index (χ3n) is 5.07. The summed E-state index contributed by atoms with van der Waals surface area (Å²) in [6.45, 7) is 5.98. The van der Waals surface area contributed by atoms with E-state index in [1.807, 2.05) is 23.1 Å². The van der Waals surface area contributed by atoms with Crippen molar-refractivity contribution < 1.29 is 4.79 Å². The first kappa shape index (κ1) is 14.7. The van der Waals surface area contributed by atoms with E-state index in [-0.39, 0.29) is 5.91 Å². The summed E-state index contributed by atoms with van der Waals surface area (Å²) in [4.78, 5) is 17.6. The molecule has 1 atom stereocenters. The third kappa shape index (κ3) is 2.84. The van der Waals surface area contributed by atoms with Gasteiger partial charge in [-0.1, -0.05) is 6.07 Å². The van der Waals surface area contributed by atoms with Crippen LogP contribution in [0.2, 0.25) is 0 Å². The van der Waals surface area contributed by atoms with Crippen LogP contribution < -0.4 is 5.32 Å². The van der Waals surface area contributed by atoms with Gasteiger partial charge in [0.25, 0.3) is 5.91 Å². The normalized spacial score (nSPS) is 23.3. The quantitative estimate of drug-likeness (QED) is 0.870. The Morgan fingerprint density at radius 2 is 2.09 bits per heavy atom. The molecule has 2 aliphatic rings. The fraction of sp³-hybridized carbons (Fsp3) is 0.529. The summed E-state index contributed by atoms with van der Waals surface area (Å²) >= 11 is 0. The van der Waals surface area contributed by atoms with Gasteiger partial charge in [-0.25, -0.2) is 0 Å². The van der Waals surface area contributed by atoms with E-state index in [0.717, 1.165) is 62.2 Å². The van der Waals surface area contributed by atoms with Gasteiger partial charge in [-0.2, -0.15) is 5.10 Å². The second-order valence-electron chi connectivity index (χ2n) is 6.47. The standard InChI is InChI=1S/C17H23N5O/c23-17(14-4-1-5-16-15(14)11-19-20-16)22-8-2-3-13(12-22)21-9-6-18-7-10-21/h1,4-5,11,13,18H,2-3,6-10,12H2,(H,19,20). The molecule has 2 aromatic rings. The number of carbonyl (C=O) groups is 1. The summed E-state index contributed by atoms with van der Waals surface area (Å²) < 4.78 is 0. The number of benzene rings is 1. The average molecular weight is 313 g/mol. The van der Waals surface area contributed by atoms with Crippen molar-refractivity contribution >= 4 is 16.8 Å². The molecule has 0 aliphatic carbocycles. The predicted octanol–water partition coefficient (Wildman–Crippen LogP) is 1.07. The Balaban J connectivity index is 1.52. The Bertz CT molecular complexity index is 691. The van der Waals surface area contributed by atoms with Gasteiger partial charge in [0, 0.05) is 50.7 Å². The minimum absolute atomic E-state index is 0.136. The lowest BCUT2D eigenvalue weighted by atomic mass is 10.0. The molecule has 0 saturated carbocycles. The van der Waals surface area contributed by atoms with E-state index in [9.17, 15) is 4.79 Å². The molecule has 0 radical (unpaired) electrons. The highest BCUT2D eigenvalue weighted by Crippen LogP contribution is 2.22. The third-order valence-corrected chi connectivity index (χ3v) is 5.07. The van der Waals surface area contributed by atoms with Crippen LogP contribution in [0.4, 0.5) is 0 Å². The lowest BCUT2D eigenvalue weighted by Gasteiger charge is -2.41. The number of hydrogen-bond donors (Lipinski definition) is 2. The highest BCUT2D eigenvalue weighted by molar-refractivity contribution is 6.06. The molecule has 6 nitrogen and oxygen atoms in total. The smallest absolute Gasteiger partial charge is 0.254 e. The molecule has 4 rings (SSSR count). The van der Waals surface area contributed by atoms with Crippen LogP contribution in [0, 0.1) is 0 Å². The lowest BCUT2D eigenvalue weighted by Crippen LogP contribution is -2.54. The van der Waals surface area contributed by atoms with Gasteiger partial charge in [0.2, 0.25) is 0 Å². The summed E-state index contributed by atoms with van der Waals surface area (Å²) in [5, 5.41) is 11.3. The second kappa shape index (κ2) is 6.29. The lowest BCUT2D eigenvalue weighted by molar-refractivity contribution is 0.0553. The maximum absolute atomic E-state index is 13.0. The molecule has 1 amide bonds. The minimum atomic E-state index is 0.136. The van der Waals surface area contributed by atoms with E-state index < -0.39 is 0 Å². The molecule has 0 bridgehead atoms. The number of nitrogens with zero attached hydrogens (tertiary/aromatic N) is 3. The average Bonchev–Trinajstić information content (AvgIpc) is 3.11. The van der Waals surface area contributed by atoms with Crippen molar-refractivity contribution in [1.82, 2.24) is 25.3 Å². The van der Waals surface area contributed by atoms with Gasteiger partial charge < -0.3 is 10.2 Å². The van der Waals surface area contributed by atoms with E-state index >= 15 is 0 Å². The molecule has 23 heavy (non-hydrogen) atoms.